The van der Waals surface area contributed by atoms with Gasteiger partial charge < -0.3 is 9.64 Å². The molecule has 1 aliphatic heterocycles. The van der Waals surface area contributed by atoms with Gasteiger partial charge in [0, 0.05) is 24.6 Å². The summed E-state index contributed by atoms with van der Waals surface area (Å²) in [6, 6.07) is 16.0. The van der Waals surface area contributed by atoms with Crippen LogP contribution in [0.5, 0.6) is 5.75 Å². The predicted octanol–water partition coefficient (Wildman–Crippen LogP) is 3.63. The zero-order chi connectivity index (χ0) is 15.5. The molecule has 0 radical (unpaired) electrons. The molecule has 0 aromatic heterocycles. The van der Waals surface area contributed by atoms with Crippen molar-refractivity contribution >= 4 is 5.91 Å². The highest BCUT2D eigenvalue weighted by molar-refractivity contribution is 5.94. The highest BCUT2D eigenvalue weighted by Crippen LogP contribution is 2.29. The maximum Gasteiger partial charge on any atom is 0.253 e. The first-order valence-electron chi connectivity index (χ1n) is 7.67. The van der Waals surface area contributed by atoms with Gasteiger partial charge in [-0.2, -0.15) is 0 Å². The van der Waals surface area contributed by atoms with Crippen LogP contribution in [0.2, 0.25) is 0 Å². The quantitative estimate of drug-likeness (QED) is 0.865. The molecule has 1 atom stereocenters. The van der Waals surface area contributed by atoms with Crippen LogP contribution in [-0.2, 0) is 0 Å². The first-order chi connectivity index (χ1) is 10.7. The van der Waals surface area contributed by atoms with Crippen LogP contribution in [0.15, 0.2) is 48.5 Å². The lowest BCUT2D eigenvalue weighted by Gasteiger charge is -2.17. The molecule has 114 valence electrons. The van der Waals surface area contributed by atoms with Crippen LogP contribution in [0.3, 0.4) is 0 Å². The molecule has 1 unspecified atom stereocenters. The van der Waals surface area contributed by atoms with E-state index in [2.05, 4.69) is 12.1 Å². The summed E-state index contributed by atoms with van der Waals surface area (Å²) in [6.07, 6.45) is 1.02. The van der Waals surface area contributed by atoms with Crippen LogP contribution < -0.4 is 4.74 Å². The lowest BCUT2D eigenvalue weighted by molar-refractivity contribution is 0.0791. The highest BCUT2D eigenvalue weighted by atomic mass is 16.5. The fourth-order valence-electron chi connectivity index (χ4n) is 2.97. The molecule has 3 heteroatoms. The Hall–Kier alpha value is -2.29. The van der Waals surface area contributed by atoms with Crippen molar-refractivity contribution in [3.8, 4) is 5.75 Å². The molecule has 0 saturated carbocycles. The minimum absolute atomic E-state index is 0.135. The third-order valence-electron chi connectivity index (χ3n) is 4.36. The summed E-state index contributed by atoms with van der Waals surface area (Å²) in [6.45, 7) is 3.65. The number of likely N-dealkylation sites (tertiary alicyclic amines) is 1. The zero-order valence-corrected chi connectivity index (χ0v) is 13.1. The lowest BCUT2D eigenvalue weighted by Crippen LogP contribution is -2.28. The third-order valence-corrected chi connectivity index (χ3v) is 4.36. The SMILES string of the molecule is COc1ccc(C2CCN(C(=O)c3ccc(C)cc3)C2)cc1. The van der Waals surface area contributed by atoms with Gasteiger partial charge in [0.15, 0.2) is 0 Å². The molecule has 3 rings (SSSR count). The first kappa shape index (κ1) is 14.6. The van der Waals surface area contributed by atoms with E-state index in [1.165, 1.54) is 11.1 Å². The normalized spacial score (nSPS) is 17.5. The number of carbonyl (C=O) groups excluding carboxylic acids is 1. The molecule has 0 bridgehead atoms. The van der Waals surface area contributed by atoms with Gasteiger partial charge in [-0.05, 0) is 43.2 Å². The van der Waals surface area contributed by atoms with Gasteiger partial charge in [-0.15, -0.1) is 0 Å². The van der Waals surface area contributed by atoms with Gasteiger partial charge in [0.05, 0.1) is 7.11 Å². The largest absolute Gasteiger partial charge is 0.497 e. The van der Waals surface area contributed by atoms with Crippen molar-refractivity contribution in [2.45, 2.75) is 19.3 Å². The summed E-state index contributed by atoms with van der Waals surface area (Å²) in [5.41, 5.74) is 3.23. The third kappa shape index (κ3) is 2.98. The molecule has 1 aliphatic rings. The van der Waals surface area contributed by atoms with Crippen LogP contribution in [0.1, 0.15) is 33.8 Å². The molecule has 3 nitrogen and oxygen atoms in total. The standard InChI is InChI=1S/C19H21NO2/c1-14-3-5-16(6-4-14)19(21)20-12-11-17(13-20)15-7-9-18(22-2)10-8-15/h3-10,17H,11-13H2,1-2H3. The number of carbonyl (C=O) groups is 1. The fourth-order valence-corrected chi connectivity index (χ4v) is 2.97. The Kier molecular flexibility index (Phi) is 4.14. The number of nitrogens with zero attached hydrogens (tertiary/aromatic N) is 1. The number of aryl methyl sites for hydroxylation is 1. The maximum absolute atomic E-state index is 12.5. The van der Waals surface area contributed by atoms with Gasteiger partial charge >= 0.3 is 0 Å². The van der Waals surface area contributed by atoms with Crippen molar-refractivity contribution in [2.24, 2.45) is 0 Å². The maximum atomic E-state index is 12.5. The smallest absolute Gasteiger partial charge is 0.253 e. The molecular weight excluding hydrogens is 274 g/mol. The van der Waals surface area contributed by atoms with E-state index in [9.17, 15) is 4.79 Å². The Bertz CT molecular complexity index is 646. The number of benzene rings is 2. The summed E-state index contributed by atoms with van der Waals surface area (Å²) in [4.78, 5) is 14.5. The van der Waals surface area contributed by atoms with E-state index in [-0.39, 0.29) is 5.91 Å². The summed E-state index contributed by atoms with van der Waals surface area (Å²) in [7, 11) is 1.67. The second-order valence-electron chi connectivity index (χ2n) is 5.88. The van der Waals surface area contributed by atoms with Gasteiger partial charge in [0.1, 0.15) is 5.75 Å². The average Bonchev–Trinajstić information content (AvgIpc) is 3.05. The van der Waals surface area contributed by atoms with E-state index in [1.54, 1.807) is 7.11 Å². The minimum Gasteiger partial charge on any atom is -0.497 e. The van der Waals surface area contributed by atoms with Crippen LogP contribution in [0.4, 0.5) is 0 Å². The van der Waals surface area contributed by atoms with Crippen molar-refractivity contribution in [3.63, 3.8) is 0 Å². The fraction of sp³-hybridized carbons (Fsp3) is 0.316. The van der Waals surface area contributed by atoms with Crippen molar-refractivity contribution in [3.05, 3.63) is 65.2 Å². The molecule has 2 aromatic carbocycles. The number of hydrogen-bond acceptors (Lipinski definition) is 2. The molecule has 1 amide bonds. The lowest BCUT2D eigenvalue weighted by atomic mass is 9.98. The Morgan fingerprint density at radius 3 is 2.41 bits per heavy atom. The molecular formula is C19H21NO2. The van der Waals surface area contributed by atoms with E-state index >= 15 is 0 Å². The van der Waals surface area contributed by atoms with Crippen molar-refractivity contribution < 1.29 is 9.53 Å². The molecule has 1 saturated heterocycles. The predicted molar refractivity (Wildman–Crippen MR) is 87.4 cm³/mol. The number of amides is 1. The van der Waals surface area contributed by atoms with Crippen LogP contribution in [0, 0.1) is 6.92 Å². The number of rotatable bonds is 3. The van der Waals surface area contributed by atoms with E-state index in [1.807, 2.05) is 48.2 Å². The number of methoxy groups -OCH3 is 1. The molecule has 0 spiro atoms. The Morgan fingerprint density at radius 2 is 1.77 bits per heavy atom. The van der Waals surface area contributed by atoms with Crippen LogP contribution in [-0.4, -0.2) is 31.0 Å². The van der Waals surface area contributed by atoms with E-state index < -0.39 is 0 Å². The molecule has 0 N–H and O–H groups in total. The molecule has 22 heavy (non-hydrogen) atoms. The van der Waals surface area contributed by atoms with Crippen molar-refractivity contribution in [1.29, 1.82) is 0 Å². The van der Waals surface area contributed by atoms with Gasteiger partial charge in [-0.1, -0.05) is 29.8 Å². The van der Waals surface area contributed by atoms with Gasteiger partial charge in [-0.3, -0.25) is 4.79 Å². The zero-order valence-electron chi connectivity index (χ0n) is 13.1. The summed E-state index contributed by atoms with van der Waals surface area (Å²) >= 11 is 0. The van der Waals surface area contributed by atoms with Crippen LogP contribution in [0.25, 0.3) is 0 Å². The summed E-state index contributed by atoms with van der Waals surface area (Å²) in [5.74, 6) is 1.42. The molecule has 0 aliphatic carbocycles. The summed E-state index contributed by atoms with van der Waals surface area (Å²) in [5, 5.41) is 0. The van der Waals surface area contributed by atoms with E-state index in [0.29, 0.717) is 5.92 Å². The van der Waals surface area contributed by atoms with Gasteiger partial charge in [-0.25, -0.2) is 0 Å². The van der Waals surface area contributed by atoms with Gasteiger partial charge in [0.2, 0.25) is 0 Å². The molecule has 1 heterocycles. The second kappa shape index (κ2) is 6.22. The van der Waals surface area contributed by atoms with Crippen molar-refractivity contribution in [1.82, 2.24) is 4.90 Å². The monoisotopic (exact) mass is 295 g/mol. The van der Waals surface area contributed by atoms with Gasteiger partial charge in [0.25, 0.3) is 5.91 Å². The first-order valence-corrected chi connectivity index (χ1v) is 7.67. The second-order valence-corrected chi connectivity index (χ2v) is 5.88. The van der Waals surface area contributed by atoms with Crippen LogP contribution >= 0.6 is 0 Å². The molecule has 2 aromatic rings. The number of hydrogen-bond donors (Lipinski definition) is 0. The Labute approximate surface area is 131 Å². The van der Waals surface area contributed by atoms with Crippen molar-refractivity contribution in [2.75, 3.05) is 20.2 Å². The topological polar surface area (TPSA) is 29.5 Å². The Morgan fingerprint density at radius 1 is 1.09 bits per heavy atom. The molecule has 1 fully saturated rings. The minimum atomic E-state index is 0.135. The highest BCUT2D eigenvalue weighted by Gasteiger charge is 2.27. The van der Waals surface area contributed by atoms with E-state index in [4.69, 9.17) is 4.74 Å². The average molecular weight is 295 g/mol. The number of ether oxygens (including phenoxy) is 1. The summed E-state index contributed by atoms with van der Waals surface area (Å²) < 4.78 is 5.19. The van der Waals surface area contributed by atoms with E-state index in [0.717, 1.165) is 30.8 Å². The Balaban J connectivity index is 1.68.